The van der Waals surface area contributed by atoms with Crippen molar-refractivity contribution in [2.24, 2.45) is 0 Å². The van der Waals surface area contributed by atoms with Gasteiger partial charge in [-0.2, -0.15) is 0 Å². The highest BCUT2D eigenvalue weighted by Crippen LogP contribution is 2.12. The van der Waals surface area contributed by atoms with E-state index in [4.69, 9.17) is 4.74 Å². The average molecular weight is 213 g/mol. The lowest BCUT2D eigenvalue weighted by atomic mass is 10.3. The number of nitrogens with zero attached hydrogens (tertiary/aromatic N) is 1. The van der Waals surface area contributed by atoms with Crippen LogP contribution < -0.4 is 0 Å². The molecule has 0 spiro atoms. The highest BCUT2D eigenvalue weighted by Gasteiger charge is 2.14. The maximum atomic E-state index is 11.2. The van der Waals surface area contributed by atoms with Crippen LogP contribution in [0.25, 0.3) is 0 Å². The molecule has 14 heavy (non-hydrogen) atoms. The first-order chi connectivity index (χ1) is 6.69. The second kappa shape index (κ2) is 4.85. The summed E-state index contributed by atoms with van der Waals surface area (Å²) in [5, 5.41) is 1.91. The highest BCUT2D eigenvalue weighted by atomic mass is 32.1. The van der Waals surface area contributed by atoms with Gasteiger partial charge in [-0.1, -0.05) is 6.92 Å². The Bertz CT molecular complexity index is 346. The zero-order valence-electron chi connectivity index (χ0n) is 8.07. The minimum atomic E-state index is -0.473. The monoisotopic (exact) mass is 213 g/mol. The molecule has 0 bridgehead atoms. The number of hydrogen-bond donors (Lipinski definition) is 0. The van der Waals surface area contributed by atoms with Gasteiger partial charge in [-0.25, -0.2) is 9.78 Å². The normalized spacial score (nSPS) is 9.86. The van der Waals surface area contributed by atoms with Crippen molar-refractivity contribution < 1.29 is 14.3 Å². The van der Waals surface area contributed by atoms with Gasteiger partial charge in [-0.05, 0) is 6.92 Å². The molecular formula is C9H11NO3S. The molecule has 0 unspecified atom stereocenters. The molecule has 0 saturated carbocycles. The molecule has 0 aromatic carbocycles. The fraction of sp³-hybridized carbons (Fsp3) is 0.444. The summed E-state index contributed by atoms with van der Waals surface area (Å²) in [7, 11) is 0. The van der Waals surface area contributed by atoms with Gasteiger partial charge in [0.1, 0.15) is 0 Å². The van der Waals surface area contributed by atoms with Crippen LogP contribution in [0, 0.1) is 0 Å². The molecule has 5 heteroatoms. The van der Waals surface area contributed by atoms with E-state index < -0.39 is 5.97 Å². The summed E-state index contributed by atoms with van der Waals surface area (Å²) in [6.45, 7) is 3.80. The highest BCUT2D eigenvalue weighted by molar-refractivity contribution is 7.11. The number of thiazole rings is 1. The standard InChI is InChI=1S/C9H11NO3S/c1-3-7(11)8-10-6(5-14-8)9(12)13-4-2/h5H,3-4H2,1-2H3. The van der Waals surface area contributed by atoms with Gasteiger partial charge < -0.3 is 4.74 Å². The van der Waals surface area contributed by atoms with Crippen molar-refractivity contribution in [2.75, 3.05) is 6.61 Å². The molecular weight excluding hydrogens is 202 g/mol. The predicted molar refractivity (Wildman–Crippen MR) is 52.7 cm³/mol. The second-order valence-electron chi connectivity index (χ2n) is 2.54. The van der Waals surface area contributed by atoms with Crippen LogP contribution in [0.5, 0.6) is 0 Å². The maximum Gasteiger partial charge on any atom is 0.357 e. The minimum Gasteiger partial charge on any atom is -0.461 e. The zero-order chi connectivity index (χ0) is 10.6. The van der Waals surface area contributed by atoms with E-state index in [1.807, 2.05) is 0 Å². The van der Waals surface area contributed by atoms with Crippen molar-refractivity contribution >= 4 is 23.1 Å². The predicted octanol–water partition coefficient (Wildman–Crippen LogP) is 1.91. The molecule has 76 valence electrons. The van der Waals surface area contributed by atoms with Gasteiger partial charge in [0.05, 0.1) is 6.61 Å². The molecule has 0 saturated heterocycles. The van der Waals surface area contributed by atoms with Crippen molar-refractivity contribution in [3.63, 3.8) is 0 Å². The summed E-state index contributed by atoms with van der Waals surface area (Å²) in [4.78, 5) is 26.3. The molecule has 0 aliphatic rings. The topological polar surface area (TPSA) is 56.3 Å². The van der Waals surface area contributed by atoms with Crippen molar-refractivity contribution in [1.29, 1.82) is 0 Å². The Morgan fingerprint density at radius 3 is 2.79 bits per heavy atom. The van der Waals surface area contributed by atoms with Crippen LogP contribution in [-0.2, 0) is 4.74 Å². The largest absolute Gasteiger partial charge is 0.461 e. The first-order valence-electron chi connectivity index (χ1n) is 4.34. The van der Waals surface area contributed by atoms with E-state index in [0.29, 0.717) is 18.0 Å². The van der Waals surface area contributed by atoms with Gasteiger partial charge >= 0.3 is 5.97 Å². The van der Waals surface area contributed by atoms with Gasteiger partial charge in [-0.3, -0.25) is 4.79 Å². The molecule has 1 rings (SSSR count). The molecule has 0 fully saturated rings. The third-order valence-corrected chi connectivity index (χ3v) is 2.43. The van der Waals surface area contributed by atoms with E-state index >= 15 is 0 Å². The van der Waals surface area contributed by atoms with Crippen LogP contribution in [0.2, 0.25) is 0 Å². The lowest BCUT2D eigenvalue weighted by Gasteiger charge is -1.95. The molecule has 0 atom stereocenters. The molecule has 0 aliphatic heterocycles. The Labute approximate surface area is 85.9 Å². The summed E-state index contributed by atoms with van der Waals surface area (Å²) in [6, 6.07) is 0. The van der Waals surface area contributed by atoms with Gasteiger partial charge in [0.15, 0.2) is 16.5 Å². The van der Waals surface area contributed by atoms with Crippen molar-refractivity contribution in [3.8, 4) is 0 Å². The molecule has 0 aliphatic carbocycles. The van der Waals surface area contributed by atoms with Gasteiger partial charge in [-0.15, -0.1) is 11.3 Å². The first kappa shape index (κ1) is 10.8. The molecule has 0 amide bonds. The second-order valence-corrected chi connectivity index (χ2v) is 3.39. The number of esters is 1. The number of Topliss-reactive ketones (excluding diaryl/α,β-unsaturated/α-hetero) is 1. The fourth-order valence-corrected chi connectivity index (χ4v) is 1.65. The summed E-state index contributed by atoms with van der Waals surface area (Å²) in [5.74, 6) is -0.524. The Kier molecular flexibility index (Phi) is 3.76. The van der Waals surface area contributed by atoms with Gasteiger partial charge in [0, 0.05) is 11.8 Å². The molecule has 1 aromatic heterocycles. The van der Waals surface area contributed by atoms with Gasteiger partial charge in [0.2, 0.25) is 0 Å². The van der Waals surface area contributed by atoms with Crippen molar-refractivity contribution in [1.82, 2.24) is 4.98 Å². The van der Waals surface area contributed by atoms with E-state index in [2.05, 4.69) is 4.98 Å². The van der Waals surface area contributed by atoms with Crippen molar-refractivity contribution in [3.05, 3.63) is 16.1 Å². The summed E-state index contributed by atoms with van der Waals surface area (Å²) < 4.78 is 4.75. The Balaban J connectivity index is 2.77. The van der Waals surface area contributed by atoms with Gasteiger partial charge in [0.25, 0.3) is 0 Å². The van der Waals surface area contributed by atoms with Crippen LogP contribution >= 0.6 is 11.3 Å². The number of carbonyl (C=O) groups excluding carboxylic acids is 2. The molecule has 0 N–H and O–H groups in total. The number of carbonyl (C=O) groups is 2. The quantitative estimate of drug-likeness (QED) is 0.566. The number of hydrogen-bond acceptors (Lipinski definition) is 5. The van der Waals surface area contributed by atoms with E-state index in [9.17, 15) is 9.59 Å². The van der Waals surface area contributed by atoms with Crippen LogP contribution in [0.3, 0.4) is 0 Å². The number of ketones is 1. The molecule has 1 heterocycles. The number of ether oxygens (including phenoxy) is 1. The van der Waals surface area contributed by atoms with Crippen LogP contribution in [0.4, 0.5) is 0 Å². The number of rotatable bonds is 4. The molecule has 0 radical (unpaired) electrons. The Hall–Kier alpha value is -1.23. The van der Waals surface area contributed by atoms with Crippen LogP contribution in [0.15, 0.2) is 5.38 Å². The summed E-state index contributed by atoms with van der Waals surface area (Å²) >= 11 is 1.17. The Morgan fingerprint density at radius 2 is 2.21 bits per heavy atom. The van der Waals surface area contributed by atoms with E-state index in [-0.39, 0.29) is 11.5 Å². The minimum absolute atomic E-state index is 0.0504. The van der Waals surface area contributed by atoms with Crippen LogP contribution in [-0.4, -0.2) is 23.3 Å². The summed E-state index contributed by atoms with van der Waals surface area (Å²) in [6.07, 6.45) is 0.399. The van der Waals surface area contributed by atoms with E-state index in [1.54, 1.807) is 19.2 Å². The lowest BCUT2D eigenvalue weighted by Crippen LogP contribution is -2.06. The van der Waals surface area contributed by atoms with E-state index in [0.717, 1.165) is 0 Å². The molecule has 4 nitrogen and oxygen atoms in total. The average Bonchev–Trinajstić information content (AvgIpc) is 2.66. The Morgan fingerprint density at radius 1 is 1.50 bits per heavy atom. The first-order valence-corrected chi connectivity index (χ1v) is 5.22. The van der Waals surface area contributed by atoms with E-state index in [1.165, 1.54) is 11.3 Å². The SMILES string of the molecule is CCOC(=O)c1csc(C(=O)CC)n1. The molecule has 1 aromatic rings. The zero-order valence-corrected chi connectivity index (χ0v) is 8.89. The van der Waals surface area contributed by atoms with Crippen LogP contribution in [0.1, 0.15) is 40.6 Å². The lowest BCUT2D eigenvalue weighted by molar-refractivity contribution is 0.0520. The maximum absolute atomic E-state index is 11.2. The third-order valence-electron chi connectivity index (χ3n) is 1.55. The number of aromatic nitrogens is 1. The third kappa shape index (κ3) is 2.38. The summed E-state index contributed by atoms with van der Waals surface area (Å²) in [5.41, 5.74) is 0.216. The van der Waals surface area contributed by atoms with Crippen molar-refractivity contribution in [2.45, 2.75) is 20.3 Å². The fourth-order valence-electron chi connectivity index (χ4n) is 0.852. The smallest absolute Gasteiger partial charge is 0.357 e.